The maximum absolute atomic E-state index is 5.93. The molecule has 0 N–H and O–H groups in total. The number of hydrogen-bond donors (Lipinski definition) is 0. The SMILES string of the molecule is c1ccc(CN2CCC(c3nccnc3Oc3cccnc3)CC2)nc1. The van der Waals surface area contributed by atoms with Crippen LogP contribution in [0, 0.1) is 0 Å². The Kier molecular flexibility index (Phi) is 5.12. The van der Waals surface area contributed by atoms with Crippen LogP contribution < -0.4 is 4.74 Å². The predicted octanol–water partition coefficient (Wildman–Crippen LogP) is 3.44. The normalized spacial score (nSPS) is 15.7. The monoisotopic (exact) mass is 347 g/mol. The molecule has 0 radical (unpaired) electrons. The summed E-state index contributed by atoms with van der Waals surface area (Å²) < 4.78 is 5.93. The number of likely N-dealkylation sites (tertiary alicyclic amines) is 1. The highest BCUT2D eigenvalue weighted by atomic mass is 16.5. The summed E-state index contributed by atoms with van der Waals surface area (Å²) >= 11 is 0. The molecule has 4 rings (SSSR count). The van der Waals surface area contributed by atoms with Crippen LogP contribution in [0.1, 0.15) is 30.1 Å². The maximum atomic E-state index is 5.93. The average Bonchev–Trinajstić information content (AvgIpc) is 2.71. The molecule has 0 saturated carbocycles. The van der Waals surface area contributed by atoms with E-state index in [1.165, 1.54) is 0 Å². The van der Waals surface area contributed by atoms with Gasteiger partial charge in [-0.05, 0) is 50.2 Å². The van der Waals surface area contributed by atoms with Gasteiger partial charge in [0.05, 0.1) is 11.9 Å². The summed E-state index contributed by atoms with van der Waals surface area (Å²) in [5.41, 5.74) is 2.06. The van der Waals surface area contributed by atoms with Crippen LogP contribution in [0.5, 0.6) is 11.6 Å². The van der Waals surface area contributed by atoms with Gasteiger partial charge in [-0.1, -0.05) is 6.07 Å². The summed E-state index contributed by atoms with van der Waals surface area (Å²) in [5.74, 6) is 1.63. The van der Waals surface area contributed by atoms with Crippen LogP contribution in [0.3, 0.4) is 0 Å². The van der Waals surface area contributed by atoms with Crippen molar-refractivity contribution in [1.82, 2.24) is 24.8 Å². The molecule has 0 atom stereocenters. The highest BCUT2D eigenvalue weighted by molar-refractivity contribution is 5.29. The first-order chi connectivity index (χ1) is 12.9. The number of ether oxygens (including phenoxy) is 1. The Morgan fingerprint density at radius 3 is 2.58 bits per heavy atom. The molecule has 1 fully saturated rings. The topological polar surface area (TPSA) is 64.0 Å². The van der Waals surface area contributed by atoms with E-state index in [2.05, 4.69) is 30.9 Å². The third-order valence-corrected chi connectivity index (χ3v) is 4.63. The minimum Gasteiger partial charge on any atom is -0.436 e. The quantitative estimate of drug-likeness (QED) is 0.704. The van der Waals surface area contributed by atoms with Crippen LogP contribution in [0.2, 0.25) is 0 Å². The van der Waals surface area contributed by atoms with Gasteiger partial charge in [-0.2, -0.15) is 0 Å². The highest BCUT2D eigenvalue weighted by Gasteiger charge is 2.25. The second-order valence-electron chi connectivity index (χ2n) is 6.41. The fourth-order valence-electron chi connectivity index (χ4n) is 3.30. The van der Waals surface area contributed by atoms with Gasteiger partial charge in [0.2, 0.25) is 5.88 Å². The van der Waals surface area contributed by atoms with E-state index >= 15 is 0 Å². The first kappa shape index (κ1) is 16.6. The molecule has 0 spiro atoms. The third-order valence-electron chi connectivity index (χ3n) is 4.63. The van der Waals surface area contributed by atoms with Crippen molar-refractivity contribution in [2.24, 2.45) is 0 Å². The maximum Gasteiger partial charge on any atom is 0.241 e. The average molecular weight is 347 g/mol. The van der Waals surface area contributed by atoms with Crippen LogP contribution >= 0.6 is 0 Å². The van der Waals surface area contributed by atoms with Crippen molar-refractivity contribution < 1.29 is 4.74 Å². The molecule has 3 aromatic rings. The predicted molar refractivity (Wildman–Crippen MR) is 97.8 cm³/mol. The van der Waals surface area contributed by atoms with Crippen molar-refractivity contribution in [2.45, 2.75) is 25.3 Å². The van der Waals surface area contributed by atoms with Crippen molar-refractivity contribution in [3.63, 3.8) is 0 Å². The lowest BCUT2D eigenvalue weighted by molar-refractivity contribution is 0.199. The Morgan fingerprint density at radius 2 is 1.81 bits per heavy atom. The van der Waals surface area contributed by atoms with Gasteiger partial charge in [0.1, 0.15) is 11.4 Å². The number of pyridine rings is 2. The minimum atomic E-state index is 0.357. The molecule has 0 amide bonds. The molecule has 1 aliphatic rings. The smallest absolute Gasteiger partial charge is 0.241 e. The van der Waals surface area contributed by atoms with E-state index in [1.54, 1.807) is 24.8 Å². The van der Waals surface area contributed by atoms with Gasteiger partial charge in [0.25, 0.3) is 0 Å². The molecule has 0 aromatic carbocycles. The van der Waals surface area contributed by atoms with E-state index in [0.29, 0.717) is 17.5 Å². The van der Waals surface area contributed by atoms with E-state index in [0.717, 1.165) is 43.9 Å². The molecule has 6 heteroatoms. The fraction of sp³-hybridized carbons (Fsp3) is 0.300. The van der Waals surface area contributed by atoms with Crippen LogP contribution in [0.4, 0.5) is 0 Å². The van der Waals surface area contributed by atoms with Gasteiger partial charge >= 0.3 is 0 Å². The van der Waals surface area contributed by atoms with Gasteiger partial charge in [0, 0.05) is 37.3 Å². The first-order valence-electron chi connectivity index (χ1n) is 8.89. The zero-order chi connectivity index (χ0) is 17.6. The zero-order valence-corrected chi connectivity index (χ0v) is 14.5. The van der Waals surface area contributed by atoms with Crippen molar-refractivity contribution >= 4 is 0 Å². The van der Waals surface area contributed by atoms with Crippen LogP contribution in [0.25, 0.3) is 0 Å². The molecule has 0 aliphatic carbocycles. The summed E-state index contributed by atoms with van der Waals surface area (Å²) in [7, 11) is 0. The van der Waals surface area contributed by atoms with Crippen molar-refractivity contribution in [3.8, 4) is 11.6 Å². The van der Waals surface area contributed by atoms with E-state index < -0.39 is 0 Å². The molecule has 1 saturated heterocycles. The summed E-state index contributed by atoms with van der Waals surface area (Å²) in [6.45, 7) is 2.93. The van der Waals surface area contributed by atoms with Crippen molar-refractivity contribution in [2.75, 3.05) is 13.1 Å². The molecular weight excluding hydrogens is 326 g/mol. The molecule has 0 unspecified atom stereocenters. The van der Waals surface area contributed by atoms with E-state index in [9.17, 15) is 0 Å². The van der Waals surface area contributed by atoms with Crippen LogP contribution in [-0.2, 0) is 6.54 Å². The first-order valence-corrected chi connectivity index (χ1v) is 8.89. The Hall–Kier alpha value is -2.86. The molecule has 6 nitrogen and oxygen atoms in total. The van der Waals surface area contributed by atoms with E-state index in [-0.39, 0.29) is 0 Å². The summed E-state index contributed by atoms with van der Waals surface area (Å²) in [5, 5.41) is 0. The molecule has 3 aromatic heterocycles. The van der Waals surface area contributed by atoms with Gasteiger partial charge in [-0.15, -0.1) is 0 Å². The number of aromatic nitrogens is 4. The lowest BCUT2D eigenvalue weighted by Gasteiger charge is -2.31. The van der Waals surface area contributed by atoms with Gasteiger partial charge in [-0.3, -0.25) is 19.9 Å². The summed E-state index contributed by atoms with van der Waals surface area (Å²) in [6, 6.07) is 9.79. The Bertz CT molecular complexity index is 820. The molecule has 132 valence electrons. The Labute approximate surface area is 152 Å². The highest BCUT2D eigenvalue weighted by Crippen LogP contribution is 2.33. The van der Waals surface area contributed by atoms with Crippen molar-refractivity contribution in [1.29, 1.82) is 0 Å². The Balaban J connectivity index is 1.41. The summed E-state index contributed by atoms with van der Waals surface area (Å²) in [6.07, 6.45) is 10.8. The number of piperidine rings is 1. The standard InChI is InChI=1S/C20H21N5O/c1-2-9-22-17(4-1)15-25-12-6-16(7-13-25)19-20(24-11-10-23-19)26-18-5-3-8-21-14-18/h1-5,8-11,14,16H,6-7,12-13,15H2. The van der Waals surface area contributed by atoms with E-state index in [4.69, 9.17) is 4.74 Å². The summed E-state index contributed by atoms with van der Waals surface area (Å²) in [4.78, 5) is 19.9. The minimum absolute atomic E-state index is 0.357. The second kappa shape index (κ2) is 8.01. The van der Waals surface area contributed by atoms with Crippen LogP contribution in [0.15, 0.2) is 61.3 Å². The number of nitrogens with zero attached hydrogens (tertiary/aromatic N) is 5. The molecular formula is C20H21N5O. The van der Waals surface area contributed by atoms with E-state index in [1.807, 2.05) is 30.5 Å². The third kappa shape index (κ3) is 4.03. The zero-order valence-electron chi connectivity index (χ0n) is 14.5. The van der Waals surface area contributed by atoms with Gasteiger partial charge < -0.3 is 4.74 Å². The van der Waals surface area contributed by atoms with Gasteiger partial charge in [-0.25, -0.2) is 4.98 Å². The van der Waals surface area contributed by atoms with Gasteiger partial charge in [0.15, 0.2) is 0 Å². The molecule has 4 heterocycles. The molecule has 26 heavy (non-hydrogen) atoms. The largest absolute Gasteiger partial charge is 0.436 e. The van der Waals surface area contributed by atoms with Crippen molar-refractivity contribution in [3.05, 3.63) is 72.7 Å². The lowest BCUT2D eigenvalue weighted by Crippen LogP contribution is -2.33. The number of rotatable bonds is 5. The molecule has 1 aliphatic heterocycles. The Morgan fingerprint density at radius 1 is 0.923 bits per heavy atom. The molecule has 0 bridgehead atoms. The number of hydrogen-bond acceptors (Lipinski definition) is 6. The fourth-order valence-corrected chi connectivity index (χ4v) is 3.30. The van der Waals surface area contributed by atoms with Crippen LogP contribution in [-0.4, -0.2) is 37.9 Å². The second-order valence-corrected chi connectivity index (χ2v) is 6.41. The lowest BCUT2D eigenvalue weighted by atomic mass is 9.93.